The lowest BCUT2D eigenvalue weighted by atomic mass is 10.1. The first-order chi connectivity index (χ1) is 12.2. The summed E-state index contributed by atoms with van der Waals surface area (Å²) in [4.78, 5) is 33.9. The molecule has 1 fully saturated rings. The molecule has 0 saturated carbocycles. The lowest BCUT2D eigenvalue weighted by Crippen LogP contribution is -2.19. The van der Waals surface area contributed by atoms with Crippen molar-refractivity contribution < 1.29 is 28.6 Å². The average Bonchev–Trinajstić information content (AvgIpc) is 2.93. The third kappa shape index (κ3) is 4.40. The smallest absolute Gasteiger partial charge is 0.337 e. The predicted octanol–water partition coefficient (Wildman–Crippen LogP) is 2.44. The lowest BCUT2D eigenvalue weighted by Gasteiger charge is -2.06. The van der Waals surface area contributed by atoms with Crippen LogP contribution in [0, 0.1) is 5.82 Å². The highest BCUT2D eigenvalue weighted by molar-refractivity contribution is 8.18. The molecule has 0 atom stereocenters. The second-order valence-corrected chi connectivity index (χ2v) is 6.28. The number of hydrogen-bond acceptors (Lipinski definition) is 7. The van der Waals surface area contributed by atoms with Gasteiger partial charge in [0.25, 0.3) is 5.91 Å². The molecule has 0 aliphatic carbocycles. The minimum atomic E-state index is -1.44. The van der Waals surface area contributed by atoms with Gasteiger partial charge in [-0.1, -0.05) is 23.2 Å². The molecular formula is C14H8Cl2FN3O5S. The molecule has 1 aromatic carbocycles. The number of benzene rings is 1. The topological polar surface area (TPSA) is 117 Å². The number of halogens is 3. The van der Waals surface area contributed by atoms with Crippen LogP contribution in [0.4, 0.5) is 4.39 Å². The first-order valence-corrected chi connectivity index (χ1v) is 8.12. The van der Waals surface area contributed by atoms with Gasteiger partial charge < -0.3 is 9.84 Å². The zero-order valence-corrected chi connectivity index (χ0v) is 15.1. The second kappa shape index (κ2) is 8.30. The molecule has 0 unspecified atom stereocenters. The molecule has 1 saturated heterocycles. The highest BCUT2D eigenvalue weighted by atomic mass is 35.5. The number of rotatable bonds is 4. The summed E-state index contributed by atoms with van der Waals surface area (Å²) in [7, 11) is 1.16. The Bertz CT molecular complexity index is 901. The van der Waals surface area contributed by atoms with Gasteiger partial charge in [-0.05, 0) is 17.8 Å². The third-order valence-electron chi connectivity index (χ3n) is 2.86. The summed E-state index contributed by atoms with van der Waals surface area (Å²) in [5.41, 5.74) is -0.677. The lowest BCUT2D eigenvalue weighted by molar-refractivity contribution is -0.135. The van der Waals surface area contributed by atoms with E-state index in [0.717, 1.165) is 31.2 Å². The molecule has 1 aliphatic heterocycles. The number of carbonyl (C=O) groups is 3. The molecule has 0 spiro atoms. The quantitative estimate of drug-likeness (QED) is 0.254. The van der Waals surface area contributed by atoms with Crippen LogP contribution in [0.2, 0.25) is 10.0 Å². The zero-order valence-electron chi connectivity index (χ0n) is 12.7. The van der Waals surface area contributed by atoms with Crippen LogP contribution < -0.4 is 5.32 Å². The Kier molecular flexibility index (Phi) is 6.35. The monoisotopic (exact) mass is 419 g/mol. The summed E-state index contributed by atoms with van der Waals surface area (Å²) >= 11 is 12.5. The van der Waals surface area contributed by atoms with E-state index < -0.39 is 34.2 Å². The minimum Gasteiger partial charge on any atom is -0.478 e. The van der Waals surface area contributed by atoms with E-state index in [1.54, 1.807) is 0 Å². The van der Waals surface area contributed by atoms with E-state index in [-0.39, 0.29) is 20.7 Å². The van der Waals surface area contributed by atoms with Gasteiger partial charge in [0.15, 0.2) is 5.17 Å². The summed E-state index contributed by atoms with van der Waals surface area (Å²) in [6, 6.07) is 0.688. The molecule has 12 heteroatoms. The van der Waals surface area contributed by atoms with Gasteiger partial charge >= 0.3 is 11.9 Å². The summed E-state index contributed by atoms with van der Waals surface area (Å²) < 4.78 is 18.1. The first kappa shape index (κ1) is 19.9. The van der Waals surface area contributed by atoms with Crippen molar-refractivity contribution in [2.24, 2.45) is 10.2 Å². The summed E-state index contributed by atoms with van der Waals surface area (Å²) in [6.45, 7) is 0. The molecule has 2 rings (SSSR count). The van der Waals surface area contributed by atoms with Crippen molar-refractivity contribution >= 4 is 64.2 Å². The molecule has 1 aliphatic rings. The Hall–Kier alpha value is -2.43. The van der Waals surface area contributed by atoms with Crippen LogP contribution in [0.25, 0.3) is 0 Å². The Balaban J connectivity index is 2.28. The number of carboxylic acid groups (broad SMARTS) is 1. The van der Waals surface area contributed by atoms with Crippen molar-refractivity contribution in [1.29, 1.82) is 0 Å². The number of ether oxygens (including phenoxy) is 1. The summed E-state index contributed by atoms with van der Waals surface area (Å²) in [5, 5.41) is 17.9. The van der Waals surface area contributed by atoms with Gasteiger partial charge in [-0.2, -0.15) is 5.10 Å². The van der Waals surface area contributed by atoms with Crippen molar-refractivity contribution in [1.82, 2.24) is 5.32 Å². The predicted molar refractivity (Wildman–Crippen MR) is 94.2 cm³/mol. The van der Waals surface area contributed by atoms with Gasteiger partial charge in [-0.25, -0.2) is 14.0 Å². The van der Waals surface area contributed by atoms with Gasteiger partial charge in [0.1, 0.15) is 5.82 Å². The third-order valence-corrected chi connectivity index (χ3v) is 4.55. The van der Waals surface area contributed by atoms with Crippen LogP contribution in [0.1, 0.15) is 15.9 Å². The number of esters is 1. The van der Waals surface area contributed by atoms with Crippen LogP contribution in [0.15, 0.2) is 27.3 Å². The zero-order chi connectivity index (χ0) is 19.4. The van der Waals surface area contributed by atoms with E-state index in [0.29, 0.717) is 6.07 Å². The maximum Gasteiger partial charge on any atom is 0.337 e. The summed E-state index contributed by atoms with van der Waals surface area (Å²) in [5.74, 6) is -3.73. The van der Waals surface area contributed by atoms with Crippen molar-refractivity contribution in [2.45, 2.75) is 0 Å². The molecule has 0 bridgehead atoms. The fraction of sp³-hybridized carbons (Fsp3) is 0.0714. The molecule has 8 nitrogen and oxygen atoms in total. The Morgan fingerprint density at radius 3 is 2.69 bits per heavy atom. The van der Waals surface area contributed by atoms with E-state index in [1.807, 2.05) is 0 Å². The van der Waals surface area contributed by atoms with Gasteiger partial charge in [0.05, 0.1) is 33.8 Å². The number of nitrogens with one attached hydrogen (secondary N) is 1. The van der Waals surface area contributed by atoms with E-state index >= 15 is 0 Å². The molecular weight excluding hydrogens is 412 g/mol. The molecule has 26 heavy (non-hydrogen) atoms. The maximum atomic E-state index is 13.7. The van der Waals surface area contributed by atoms with Gasteiger partial charge in [-0.3, -0.25) is 10.1 Å². The molecule has 0 aromatic heterocycles. The Morgan fingerprint density at radius 2 is 2.08 bits per heavy atom. The van der Waals surface area contributed by atoms with E-state index in [4.69, 9.17) is 28.3 Å². The second-order valence-electron chi connectivity index (χ2n) is 4.49. The van der Waals surface area contributed by atoms with E-state index in [2.05, 4.69) is 20.3 Å². The SMILES string of the molecule is COC(=O)/C=C1/S/C(=N\N=Cc2c(Cl)c(F)cc(C(=O)O)c2Cl)NC1=O. The van der Waals surface area contributed by atoms with Gasteiger partial charge in [0, 0.05) is 11.6 Å². The standard InChI is InChI=1S/C14H8Cl2FN3O5S/c1-25-9(21)3-8-12(22)19-14(26-8)20-18-4-6-10(15)5(13(23)24)2-7(17)11(6)16/h2-4H,1H3,(H,23,24)(H,19,20,22)/b8-3+,18-4?. The van der Waals surface area contributed by atoms with Crippen LogP contribution in [0.3, 0.4) is 0 Å². The number of thioether (sulfide) groups is 1. The minimum absolute atomic E-state index is 0.0310. The largest absolute Gasteiger partial charge is 0.478 e. The molecule has 1 amide bonds. The number of carboxylic acids is 1. The number of amidine groups is 1. The highest BCUT2D eigenvalue weighted by Crippen LogP contribution is 2.30. The van der Waals surface area contributed by atoms with Crippen molar-refractivity contribution in [2.75, 3.05) is 7.11 Å². The molecule has 0 radical (unpaired) electrons. The number of aromatic carboxylic acids is 1. The first-order valence-electron chi connectivity index (χ1n) is 6.55. The molecule has 1 aromatic rings. The number of amides is 1. The number of nitrogens with zero attached hydrogens (tertiary/aromatic N) is 2. The van der Waals surface area contributed by atoms with Crippen LogP contribution in [-0.2, 0) is 14.3 Å². The fourth-order valence-electron chi connectivity index (χ4n) is 1.67. The fourth-order valence-corrected chi connectivity index (χ4v) is 2.94. The Labute approximate surface area is 159 Å². The van der Waals surface area contributed by atoms with Crippen LogP contribution in [0.5, 0.6) is 0 Å². The van der Waals surface area contributed by atoms with Crippen molar-refractivity contribution in [3.05, 3.63) is 44.0 Å². The average molecular weight is 420 g/mol. The van der Waals surface area contributed by atoms with Crippen molar-refractivity contribution in [3.63, 3.8) is 0 Å². The van der Waals surface area contributed by atoms with Crippen LogP contribution in [-0.4, -0.2) is 41.4 Å². The van der Waals surface area contributed by atoms with E-state index in [1.165, 1.54) is 0 Å². The van der Waals surface area contributed by atoms with Gasteiger partial charge in [-0.15, -0.1) is 5.10 Å². The number of hydrogen-bond donors (Lipinski definition) is 2. The number of methoxy groups -OCH3 is 1. The normalized spacial score (nSPS) is 17.2. The van der Waals surface area contributed by atoms with Crippen LogP contribution >= 0.6 is 35.0 Å². The van der Waals surface area contributed by atoms with Gasteiger partial charge in [0.2, 0.25) is 0 Å². The number of carbonyl (C=O) groups excluding carboxylic acids is 2. The molecule has 136 valence electrons. The maximum absolute atomic E-state index is 13.7. The summed E-state index contributed by atoms with van der Waals surface area (Å²) in [6.07, 6.45) is 1.92. The highest BCUT2D eigenvalue weighted by Gasteiger charge is 2.25. The molecule has 1 heterocycles. The molecule has 2 N–H and O–H groups in total. The van der Waals surface area contributed by atoms with E-state index in [9.17, 15) is 18.8 Å². The van der Waals surface area contributed by atoms with Crippen molar-refractivity contribution in [3.8, 4) is 0 Å². The Morgan fingerprint density at radius 1 is 1.38 bits per heavy atom.